The van der Waals surface area contributed by atoms with E-state index in [1.807, 2.05) is 47.0 Å². The summed E-state index contributed by atoms with van der Waals surface area (Å²) in [5, 5.41) is 4.18. The van der Waals surface area contributed by atoms with Gasteiger partial charge in [0.25, 0.3) is 0 Å². The molecule has 1 aromatic heterocycles. The van der Waals surface area contributed by atoms with Crippen LogP contribution in [0.15, 0.2) is 47.1 Å². The fourth-order valence-corrected chi connectivity index (χ4v) is 3.00. The van der Waals surface area contributed by atoms with Crippen molar-refractivity contribution in [3.05, 3.63) is 58.3 Å². The highest BCUT2D eigenvalue weighted by Crippen LogP contribution is 2.21. The predicted molar refractivity (Wildman–Crippen MR) is 85.6 cm³/mol. The van der Waals surface area contributed by atoms with Gasteiger partial charge in [0.05, 0.1) is 12.1 Å². The Morgan fingerprint density at radius 1 is 1.38 bits per heavy atom. The zero-order valence-corrected chi connectivity index (χ0v) is 13.4. The van der Waals surface area contributed by atoms with E-state index < -0.39 is 0 Å². The Morgan fingerprint density at radius 2 is 2.24 bits per heavy atom. The highest BCUT2D eigenvalue weighted by atomic mass is 79.9. The van der Waals surface area contributed by atoms with Crippen LogP contribution < -0.4 is 0 Å². The summed E-state index contributed by atoms with van der Waals surface area (Å²) >= 11 is 3.43. The first kappa shape index (κ1) is 14.1. The van der Waals surface area contributed by atoms with Crippen molar-refractivity contribution < 1.29 is 4.79 Å². The molecule has 21 heavy (non-hydrogen) atoms. The second kappa shape index (κ2) is 5.85. The van der Waals surface area contributed by atoms with E-state index in [1.165, 1.54) is 0 Å². The van der Waals surface area contributed by atoms with E-state index in [0.29, 0.717) is 19.5 Å². The summed E-state index contributed by atoms with van der Waals surface area (Å²) in [6.45, 7) is 1.33. The lowest BCUT2D eigenvalue weighted by Crippen LogP contribution is -2.30. The predicted octanol–water partition coefficient (Wildman–Crippen LogP) is 2.65. The van der Waals surface area contributed by atoms with Gasteiger partial charge in [0.2, 0.25) is 5.91 Å². The number of benzene rings is 1. The molecule has 1 aliphatic heterocycles. The minimum absolute atomic E-state index is 0.154. The first-order valence-electron chi connectivity index (χ1n) is 6.83. The maximum atomic E-state index is 12.4. The van der Waals surface area contributed by atoms with Gasteiger partial charge < -0.3 is 4.90 Å². The van der Waals surface area contributed by atoms with Crippen LogP contribution in [0, 0.1) is 0 Å². The molecule has 3 rings (SSSR count). The van der Waals surface area contributed by atoms with E-state index in [-0.39, 0.29) is 5.91 Å². The molecule has 0 saturated carbocycles. The Labute approximate surface area is 132 Å². The molecule has 0 fully saturated rings. The van der Waals surface area contributed by atoms with Gasteiger partial charge in [-0.1, -0.05) is 34.1 Å². The maximum Gasteiger partial charge on any atom is 0.227 e. The smallest absolute Gasteiger partial charge is 0.227 e. The van der Waals surface area contributed by atoms with Gasteiger partial charge in [-0.2, -0.15) is 5.10 Å². The summed E-state index contributed by atoms with van der Waals surface area (Å²) in [5.74, 6) is 0.154. The summed E-state index contributed by atoms with van der Waals surface area (Å²) in [5.41, 5.74) is 3.27. The molecule has 5 heteroatoms. The molecule has 0 aliphatic carbocycles. The summed E-state index contributed by atoms with van der Waals surface area (Å²) in [6, 6.07) is 9.87. The van der Waals surface area contributed by atoms with Crippen LogP contribution in [0.2, 0.25) is 0 Å². The number of aryl methyl sites for hydroxylation is 1. The third kappa shape index (κ3) is 3.08. The van der Waals surface area contributed by atoms with Crippen molar-refractivity contribution in [2.24, 2.45) is 7.05 Å². The number of hydrogen-bond acceptors (Lipinski definition) is 2. The molecule has 108 valence electrons. The van der Waals surface area contributed by atoms with Crippen LogP contribution in [0.4, 0.5) is 0 Å². The fourth-order valence-electron chi connectivity index (χ4n) is 2.55. The summed E-state index contributed by atoms with van der Waals surface area (Å²) in [6.07, 6.45) is 4.32. The van der Waals surface area contributed by atoms with Gasteiger partial charge in [-0.15, -0.1) is 0 Å². The van der Waals surface area contributed by atoms with Gasteiger partial charge in [-0.3, -0.25) is 9.48 Å². The number of hydrogen-bond donors (Lipinski definition) is 0. The molecule has 0 saturated heterocycles. The fraction of sp³-hybridized carbons (Fsp3) is 0.250. The Morgan fingerprint density at radius 3 is 2.95 bits per heavy atom. The average Bonchev–Trinajstić information content (AvgIpc) is 3.07. The van der Waals surface area contributed by atoms with Crippen molar-refractivity contribution in [1.29, 1.82) is 0 Å². The number of rotatable bonds is 3. The Balaban J connectivity index is 1.65. The molecular formula is C16H16BrN3O. The van der Waals surface area contributed by atoms with Crippen LogP contribution in [0.1, 0.15) is 11.3 Å². The first-order valence-corrected chi connectivity index (χ1v) is 7.62. The summed E-state index contributed by atoms with van der Waals surface area (Å²) in [4.78, 5) is 14.3. The molecular weight excluding hydrogens is 330 g/mol. The third-order valence-electron chi connectivity index (χ3n) is 3.67. The highest BCUT2D eigenvalue weighted by Gasteiger charge is 2.21. The molecule has 1 aliphatic rings. The van der Waals surface area contributed by atoms with Crippen LogP contribution in [-0.4, -0.2) is 33.7 Å². The van der Waals surface area contributed by atoms with Gasteiger partial charge in [-0.25, -0.2) is 0 Å². The third-order valence-corrected chi connectivity index (χ3v) is 4.16. The number of carbonyl (C=O) groups excluding carboxylic acids is 1. The van der Waals surface area contributed by atoms with Crippen LogP contribution in [0.25, 0.3) is 5.57 Å². The first-order chi connectivity index (χ1) is 10.1. The van der Waals surface area contributed by atoms with E-state index in [0.717, 1.165) is 21.3 Å². The molecule has 1 amide bonds. The van der Waals surface area contributed by atoms with Crippen molar-refractivity contribution >= 4 is 27.4 Å². The van der Waals surface area contributed by atoms with Crippen molar-refractivity contribution in [2.75, 3.05) is 13.1 Å². The minimum Gasteiger partial charge on any atom is -0.334 e. The van der Waals surface area contributed by atoms with E-state index in [2.05, 4.69) is 27.1 Å². The molecule has 0 bridgehead atoms. The van der Waals surface area contributed by atoms with E-state index in [9.17, 15) is 4.79 Å². The SMILES string of the molecule is Cn1nccc1C1=CCN(C(=O)Cc2cccc(Br)c2)C1. The lowest BCUT2D eigenvalue weighted by molar-refractivity contribution is -0.129. The van der Waals surface area contributed by atoms with Crippen LogP contribution in [-0.2, 0) is 18.3 Å². The Bertz CT molecular complexity index is 705. The van der Waals surface area contributed by atoms with Gasteiger partial charge in [0.15, 0.2) is 0 Å². The maximum absolute atomic E-state index is 12.4. The molecule has 2 aromatic rings. The van der Waals surface area contributed by atoms with E-state index in [1.54, 1.807) is 6.20 Å². The lowest BCUT2D eigenvalue weighted by Gasteiger charge is -2.16. The number of aromatic nitrogens is 2. The molecule has 0 unspecified atom stereocenters. The highest BCUT2D eigenvalue weighted by molar-refractivity contribution is 9.10. The molecule has 0 radical (unpaired) electrons. The standard InChI is InChI=1S/C16H16BrN3O/c1-19-15(5-7-18-19)13-6-8-20(11-13)16(21)10-12-3-2-4-14(17)9-12/h2-7,9H,8,10-11H2,1H3. The zero-order chi connectivity index (χ0) is 14.8. The van der Waals surface area contributed by atoms with Crippen LogP contribution in [0.5, 0.6) is 0 Å². The van der Waals surface area contributed by atoms with Gasteiger partial charge in [0, 0.05) is 30.8 Å². The molecule has 4 nitrogen and oxygen atoms in total. The van der Waals surface area contributed by atoms with E-state index >= 15 is 0 Å². The molecule has 0 spiro atoms. The lowest BCUT2D eigenvalue weighted by atomic mass is 10.1. The monoisotopic (exact) mass is 345 g/mol. The topological polar surface area (TPSA) is 38.1 Å². The van der Waals surface area contributed by atoms with Crippen LogP contribution >= 0.6 is 15.9 Å². The number of halogens is 1. The summed E-state index contributed by atoms with van der Waals surface area (Å²) < 4.78 is 2.84. The number of nitrogens with zero attached hydrogens (tertiary/aromatic N) is 3. The molecule has 1 aromatic carbocycles. The Kier molecular flexibility index (Phi) is 3.92. The minimum atomic E-state index is 0.154. The van der Waals surface area contributed by atoms with Crippen molar-refractivity contribution in [2.45, 2.75) is 6.42 Å². The van der Waals surface area contributed by atoms with Gasteiger partial charge in [0.1, 0.15) is 0 Å². The normalized spacial score (nSPS) is 14.4. The summed E-state index contributed by atoms with van der Waals surface area (Å²) in [7, 11) is 1.92. The molecule has 0 atom stereocenters. The second-order valence-electron chi connectivity index (χ2n) is 5.15. The zero-order valence-electron chi connectivity index (χ0n) is 11.8. The van der Waals surface area contributed by atoms with Crippen molar-refractivity contribution in [3.63, 3.8) is 0 Å². The van der Waals surface area contributed by atoms with Crippen LogP contribution in [0.3, 0.4) is 0 Å². The quantitative estimate of drug-likeness (QED) is 0.857. The van der Waals surface area contributed by atoms with Crippen molar-refractivity contribution in [3.8, 4) is 0 Å². The number of carbonyl (C=O) groups is 1. The molecule has 0 N–H and O–H groups in total. The van der Waals surface area contributed by atoms with Crippen molar-refractivity contribution in [1.82, 2.24) is 14.7 Å². The van der Waals surface area contributed by atoms with Gasteiger partial charge >= 0.3 is 0 Å². The average molecular weight is 346 g/mol. The largest absolute Gasteiger partial charge is 0.334 e. The number of amides is 1. The molecule has 2 heterocycles. The van der Waals surface area contributed by atoms with Gasteiger partial charge in [-0.05, 0) is 29.3 Å². The van der Waals surface area contributed by atoms with E-state index in [4.69, 9.17) is 0 Å². The Hall–Kier alpha value is -1.88. The second-order valence-corrected chi connectivity index (χ2v) is 6.07.